The Labute approximate surface area is 122 Å². The molecule has 0 saturated carbocycles. The molecule has 1 N–H and O–H groups in total. The van der Waals surface area contributed by atoms with Crippen LogP contribution in [-0.2, 0) is 0 Å². The molecule has 3 rings (SSSR count). The summed E-state index contributed by atoms with van der Waals surface area (Å²) >= 11 is 12.0. The monoisotopic (exact) mass is 292 g/mol. The Bertz CT molecular complexity index is 569. The van der Waals surface area contributed by atoms with Crippen molar-refractivity contribution in [3.63, 3.8) is 0 Å². The van der Waals surface area contributed by atoms with Crippen molar-refractivity contribution in [1.82, 2.24) is 5.32 Å². The van der Waals surface area contributed by atoms with Gasteiger partial charge >= 0.3 is 0 Å². The lowest BCUT2D eigenvalue weighted by Gasteiger charge is -2.26. The first-order valence-electron chi connectivity index (χ1n) is 6.25. The summed E-state index contributed by atoms with van der Waals surface area (Å²) < 4.78 is 0. The molecule has 19 heavy (non-hydrogen) atoms. The van der Waals surface area contributed by atoms with Crippen LogP contribution in [0, 0.1) is 0 Å². The van der Waals surface area contributed by atoms with Crippen LogP contribution >= 0.6 is 23.2 Å². The van der Waals surface area contributed by atoms with Gasteiger partial charge in [0, 0.05) is 28.8 Å². The van der Waals surface area contributed by atoms with Gasteiger partial charge in [0.1, 0.15) is 6.17 Å². The van der Waals surface area contributed by atoms with Crippen LogP contribution < -0.4 is 10.2 Å². The van der Waals surface area contributed by atoms with E-state index in [0.29, 0.717) is 0 Å². The van der Waals surface area contributed by atoms with E-state index in [1.807, 2.05) is 30.3 Å². The second-order valence-corrected chi connectivity index (χ2v) is 5.45. The molecule has 0 radical (unpaired) electrons. The molecule has 1 fully saturated rings. The molecular weight excluding hydrogens is 279 g/mol. The van der Waals surface area contributed by atoms with Crippen molar-refractivity contribution in [1.29, 1.82) is 0 Å². The van der Waals surface area contributed by atoms with E-state index < -0.39 is 0 Å². The number of nitrogens with one attached hydrogen (secondary N) is 1. The van der Waals surface area contributed by atoms with Gasteiger partial charge in [0.25, 0.3) is 0 Å². The summed E-state index contributed by atoms with van der Waals surface area (Å²) in [5.74, 6) is 0. The highest BCUT2D eigenvalue weighted by atomic mass is 35.5. The number of hydrogen-bond acceptors (Lipinski definition) is 2. The van der Waals surface area contributed by atoms with Gasteiger partial charge in [-0.3, -0.25) is 5.32 Å². The normalized spacial score (nSPS) is 18.8. The molecule has 0 spiro atoms. The number of benzene rings is 2. The second-order valence-electron chi connectivity index (χ2n) is 4.58. The largest absolute Gasteiger partial charge is 0.351 e. The van der Waals surface area contributed by atoms with E-state index in [1.165, 1.54) is 5.56 Å². The molecule has 98 valence electrons. The van der Waals surface area contributed by atoms with Crippen LogP contribution in [0.5, 0.6) is 0 Å². The van der Waals surface area contributed by atoms with Crippen LogP contribution in [0.3, 0.4) is 0 Å². The Morgan fingerprint density at radius 1 is 1.00 bits per heavy atom. The minimum atomic E-state index is 0.177. The Hall–Kier alpha value is -1.22. The highest BCUT2D eigenvalue weighted by Crippen LogP contribution is 2.30. The van der Waals surface area contributed by atoms with Gasteiger partial charge in [0.05, 0.1) is 0 Å². The molecule has 1 atom stereocenters. The maximum atomic E-state index is 6.07. The zero-order valence-corrected chi connectivity index (χ0v) is 11.8. The standard InChI is InChI=1S/C15H14Cl2N2/c16-12-6-4-11(5-7-12)15-18-8-9-19(15)14-3-1-2-13(17)10-14/h1-7,10,15,18H,8-9H2. The smallest absolute Gasteiger partial charge is 0.106 e. The third-order valence-corrected chi connectivity index (χ3v) is 3.81. The van der Waals surface area contributed by atoms with Crippen molar-refractivity contribution in [3.8, 4) is 0 Å². The Balaban J connectivity index is 1.91. The molecule has 0 aromatic heterocycles. The zero-order chi connectivity index (χ0) is 13.2. The molecule has 1 aliphatic rings. The van der Waals surface area contributed by atoms with E-state index in [0.717, 1.165) is 28.8 Å². The molecule has 2 aromatic carbocycles. The van der Waals surface area contributed by atoms with E-state index >= 15 is 0 Å². The molecule has 2 nitrogen and oxygen atoms in total. The van der Waals surface area contributed by atoms with Crippen LogP contribution in [0.15, 0.2) is 48.5 Å². The van der Waals surface area contributed by atoms with Gasteiger partial charge in [-0.25, -0.2) is 0 Å². The van der Waals surface area contributed by atoms with E-state index in [-0.39, 0.29) is 6.17 Å². The molecule has 1 aliphatic heterocycles. The maximum absolute atomic E-state index is 6.07. The van der Waals surface area contributed by atoms with Gasteiger partial charge in [-0.2, -0.15) is 0 Å². The van der Waals surface area contributed by atoms with Crippen LogP contribution in [0.2, 0.25) is 10.0 Å². The lowest BCUT2D eigenvalue weighted by atomic mass is 10.1. The molecule has 1 saturated heterocycles. The van der Waals surface area contributed by atoms with E-state index in [4.69, 9.17) is 23.2 Å². The summed E-state index contributed by atoms with van der Waals surface area (Å²) in [4.78, 5) is 2.31. The summed E-state index contributed by atoms with van der Waals surface area (Å²) in [6, 6.07) is 15.9. The molecular formula is C15H14Cl2N2. The van der Waals surface area contributed by atoms with Gasteiger partial charge in [-0.05, 0) is 35.9 Å². The van der Waals surface area contributed by atoms with Gasteiger partial charge in [-0.15, -0.1) is 0 Å². The summed E-state index contributed by atoms with van der Waals surface area (Å²) in [6.45, 7) is 1.92. The van der Waals surface area contributed by atoms with Crippen molar-refractivity contribution in [2.45, 2.75) is 6.17 Å². The quantitative estimate of drug-likeness (QED) is 0.896. The Kier molecular flexibility index (Phi) is 3.65. The van der Waals surface area contributed by atoms with E-state index in [2.05, 4.69) is 28.4 Å². The summed E-state index contributed by atoms with van der Waals surface area (Å²) in [5, 5.41) is 5.02. The number of hydrogen-bond donors (Lipinski definition) is 1. The minimum absolute atomic E-state index is 0.177. The van der Waals surface area contributed by atoms with Crippen molar-refractivity contribution >= 4 is 28.9 Å². The van der Waals surface area contributed by atoms with E-state index in [1.54, 1.807) is 0 Å². The molecule has 0 bridgehead atoms. The first kappa shape index (κ1) is 12.8. The molecule has 2 aromatic rings. The molecule has 4 heteroatoms. The lowest BCUT2D eigenvalue weighted by Crippen LogP contribution is -2.27. The van der Waals surface area contributed by atoms with Crippen LogP contribution in [0.4, 0.5) is 5.69 Å². The Morgan fingerprint density at radius 3 is 2.53 bits per heavy atom. The van der Waals surface area contributed by atoms with Crippen LogP contribution in [-0.4, -0.2) is 13.1 Å². The number of anilines is 1. The van der Waals surface area contributed by atoms with Gasteiger partial charge in [0.15, 0.2) is 0 Å². The lowest BCUT2D eigenvalue weighted by molar-refractivity contribution is 0.645. The summed E-state index contributed by atoms with van der Waals surface area (Å²) in [5.41, 5.74) is 2.35. The highest BCUT2D eigenvalue weighted by molar-refractivity contribution is 6.31. The average molecular weight is 293 g/mol. The number of rotatable bonds is 2. The van der Waals surface area contributed by atoms with Crippen LogP contribution in [0.1, 0.15) is 11.7 Å². The Morgan fingerprint density at radius 2 is 1.79 bits per heavy atom. The zero-order valence-electron chi connectivity index (χ0n) is 10.3. The van der Waals surface area contributed by atoms with Crippen molar-refractivity contribution in [2.24, 2.45) is 0 Å². The van der Waals surface area contributed by atoms with Gasteiger partial charge < -0.3 is 4.90 Å². The number of nitrogens with zero attached hydrogens (tertiary/aromatic N) is 1. The average Bonchev–Trinajstić information content (AvgIpc) is 2.89. The molecule has 0 aliphatic carbocycles. The van der Waals surface area contributed by atoms with E-state index in [9.17, 15) is 0 Å². The fourth-order valence-electron chi connectivity index (χ4n) is 2.44. The summed E-state index contributed by atoms with van der Waals surface area (Å²) in [6.07, 6.45) is 0.177. The predicted molar refractivity (Wildman–Crippen MR) is 81.0 cm³/mol. The predicted octanol–water partition coefficient (Wildman–Crippen LogP) is 4.10. The summed E-state index contributed by atoms with van der Waals surface area (Å²) in [7, 11) is 0. The molecule has 1 unspecified atom stereocenters. The van der Waals surface area contributed by atoms with Crippen molar-refractivity contribution < 1.29 is 0 Å². The minimum Gasteiger partial charge on any atom is -0.351 e. The van der Waals surface area contributed by atoms with Crippen molar-refractivity contribution in [2.75, 3.05) is 18.0 Å². The molecule has 0 amide bonds. The third-order valence-electron chi connectivity index (χ3n) is 3.33. The maximum Gasteiger partial charge on any atom is 0.106 e. The SMILES string of the molecule is Clc1ccc(C2NCCN2c2cccc(Cl)c2)cc1. The van der Waals surface area contributed by atoms with Gasteiger partial charge in [0.2, 0.25) is 0 Å². The third kappa shape index (κ3) is 2.71. The first-order chi connectivity index (χ1) is 9.24. The number of halogens is 2. The second kappa shape index (κ2) is 5.41. The fraction of sp³-hybridized carbons (Fsp3) is 0.200. The topological polar surface area (TPSA) is 15.3 Å². The highest BCUT2D eigenvalue weighted by Gasteiger charge is 2.25. The molecule has 1 heterocycles. The van der Waals surface area contributed by atoms with Crippen molar-refractivity contribution in [3.05, 3.63) is 64.1 Å². The fourth-order valence-corrected chi connectivity index (χ4v) is 2.75. The van der Waals surface area contributed by atoms with Gasteiger partial charge in [-0.1, -0.05) is 41.4 Å². The van der Waals surface area contributed by atoms with Crippen LogP contribution in [0.25, 0.3) is 0 Å². The first-order valence-corrected chi connectivity index (χ1v) is 7.01.